The van der Waals surface area contributed by atoms with E-state index in [9.17, 15) is 8.42 Å². The van der Waals surface area contributed by atoms with Crippen LogP contribution in [0.3, 0.4) is 0 Å². The van der Waals surface area contributed by atoms with Crippen LogP contribution in [0, 0.1) is 0 Å². The molecule has 1 atom stereocenters. The van der Waals surface area contributed by atoms with Gasteiger partial charge in [0.15, 0.2) is 5.16 Å². The molecule has 1 fully saturated rings. The van der Waals surface area contributed by atoms with E-state index in [2.05, 4.69) is 21.7 Å². The van der Waals surface area contributed by atoms with Gasteiger partial charge < -0.3 is 8.98 Å². The Hall–Kier alpha value is -2.69. The lowest BCUT2D eigenvalue weighted by molar-refractivity contribution is 0.346. The maximum absolute atomic E-state index is 13.1. The number of aromatic nitrogens is 4. The molecular formula is C24H27N5O3S2. The molecule has 0 saturated carbocycles. The molecule has 2 aromatic carbocycles. The van der Waals surface area contributed by atoms with E-state index in [1.807, 2.05) is 43.3 Å². The van der Waals surface area contributed by atoms with Crippen molar-refractivity contribution in [1.82, 2.24) is 24.1 Å². The van der Waals surface area contributed by atoms with Crippen LogP contribution in [0.1, 0.15) is 44.3 Å². The number of benzene rings is 2. The molecule has 0 aliphatic carbocycles. The number of rotatable bonds is 7. The largest absolute Gasteiger partial charge is 0.419 e. The molecule has 34 heavy (non-hydrogen) atoms. The molecule has 3 heterocycles. The van der Waals surface area contributed by atoms with Crippen LogP contribution in [0.25, 0.3) is 22.5 Å². The van der Waals surface area contributed by atoms with Gasteiger partial charge >= 0.3 is 0 Å². The first-order valence-electron chi connectivity index (χ1n) is 11.5. The van der Waals surface area contributed by atoms with Gasteiger partial charge in [-0.15, -0.1) is 10.2 Å². The monoisotopic (exact) mass is 497 g/mol. The second-order valence-electron chi connectivity index (χ2n) is 8.33. The van der Waals surface area contributed by atoms with Gasteiger partial charge in [-0.25, -0.2) is 13.4 Å². The van der Waals surface area contributed by atoms with Gasteiger partial charge in [0.25, 0.3) is 0 Å². The van der Waals surface area contributed by atoms with Gasteiger partial charge in [0.2, 0.25) is 21.8 Å². The van der Waals surface area contributed by atoms with Crippen LogP contribution in [-0.2, 0) is 16.6 Å². The molecule has 0 spiro atoms. The van der Waals surface area contributed by atoms with Crippen molar-refractivity contribution in [2.45, 2.75) is 55.0 Å². The molecule has 5 rings (SSSR count). The molecule has 0 N–H and O–H groups in total. The molecule has 4 aromatic rings. The standard InChI is InChI=1S/C24H27N5O3S2/c1-3-29-21-13-12-19(34(30,31)28-14-8-5-9-15-28)16-20(21)25-24(29)33-17(2)22-26-27-23(32-22)18-10-6-4-7-11-18/h4,6-7,10-13,16-17H,3,5,8-9,14-15H2,1-2H3. The van der Waals surface area contributed by atoms with E-state index in [0.717, 1.165) is 35.5 Å². The summed E-state index contributed by atoms with van der Waals surface area (Å²) in [7, 11) is -3.51. The van der Waals surface area contributed by atoms with Crippen molar-refractivity contribution in [3.8, 4) is 11.5 Å². The van der Waals surface area contributed by atoms with Crippen LogP contribution < -0.4 is 0 Å². The summed E-state index contributed by atoms with van der Waals surface area (Å²) >= 11 is 1.52. The third-order valence-corrected chi connectivity index (χ3v) is 9.02. The van der Waals surface area contributed by atoms with Crippen molar-refractivity contribution in [2.75, 3.05) is 13.1 Å². The average molecular weight is 498 g/mol. The number of hydrogen-bond donors (Lipinski definition) is 0. The highest BCUT2D eigenvalue weighted by Gasteiger charge is 2.27. The molecule has 0 amide bonds. The minimum atomic E-state index is -3.51. The van der Waals surface area contributed by atoms with Gasteiger partial charge in [-0.1, -0.05) is 36.4 Å². The van der Waals surface area contributed by atoms with Crippen molar-refractivity contribution in [3.63, 3.8) is 0 Å². The number of piperidine rings is 1. The number of fused-ring (bicyclic) bond motifs is 1. The van der Waals surface area contributed by atoms with Crippen molar-refractivity contribution in [2.24, 2.45) is 0 Å². The average Bonchev–Trinajstić information content (AvgIpc) is 3.49. The number of sulfonamides is 1. The molecule has 1 saturated heterocycles. The van der Waals surface area contributed by atoms with E-state index in [-0.39, 0.29) is 5.25 Å². The zero-order chi connectivity index (χ0) is 23.7. The third kappa shape index (κ3) is 4.37. The molecule has 1 unspecified atom stereocenters. The Bertz CT molecular complexity index is 1390. The zero-order valence-electron chi connectivity index (χ0n) is 19.2. The quantitative estimate of drug-likeness (QED) is 0.327. The van der Waals surface area contributed by atoms with Crippen molar-refractivity contribution in [3.05, 3.63) is 54.4 Å². The van der Waals surface area contributed by atoms with Gasteiger partial charge in [-0.2, -0.15) is 4.31 Å². The normalized spacial score (nSPS) is 16.2. The number of aryl methyl sites for hydroxylation is 1. The van der Waals surface area contributed by atoms with Gasteiger partial charge in [-0.05, 0) is 57.0 Å². The van der Waals surface area contributed by atoms with Gasteiger partial charge in [0, 0.05) is 25.2 Å². The zero-order valence-corrected chi connectivity index (χ0v) is 20.8. The summed E-state index contributed by atoms with van der Waals surface area (Å²) in [4.78, 5) is 5.09. The Balaban J connectivity index is 1.42. The predicted octanol–water partition coefficient (Wildman–Crippen LogP) is 5.13. The van der Waals surface area contributed by atoms with Gasteiger partial charge in [0.05, 0.1) is 21.2 Å². The maximum atomic E-state index is 13.1. The number of imidazole rings is 1. The molecule has 10 heteroatoms. The molecule has 0 bridgehead atoms. The van der Waals surface area contributed by atoms with Crippen molar-refractivity contribution < 1.29 is 12.8 Å². The Morgan fingerprint density at radius 2 is 1.82 bits per heavy atom. The smallest absolute Gasteiger partial charge is 0.247 e. The van der Waals surface area contributed by atoms with Gasteiger partial charge in [0.1, 0.15) is 0 Å². The van der Waals surface area contributed by atoms with Crippen molar-refractivity contribution >= 4 is 32.8 Å². The Morgan fingerprint density at radius 1 is 1.06 bits per heavy atom. The summed E-state index contributed by atoms with van der Waals surface area (Å²) in [6.07, 6.45) is 2.90. The minimum absolute atomic E-state index is 0.122. The van der Waals surface area contributed by atoms with Crippen LogP contribution in [0.15, 0.2) is 63.0 Å². The molecule has 0 radical (unpaired) electrons. The number of hydrogen-bond acceptors (Lipinski definition) is 7. The Kier molecular flexibility index (Phi) is 6.46. The molecule has 178 valence electrons. The molecule has 2 aromatic heterocycles. The molecular weight excluding hydrogens is 470 g/mol. The summed E-state index contributed by atoms with van der Waals surface area (Å²) in [5.74, 6) is 1.01. The van der Waals surface area contributed by atoms with Crippen LogP contribution in [0.2, 0.25) is 0 Å². The van der Waals surface area contributed by atoms with Crippen LogP contribution in [0.5, 0.6) is 0 Å². The molecule has 1 aliphatic rings. The first kappa shape index (κ1) is 23.1. The van der Waals surface area contributed by atoms with E-state index in [4.69, 9.17) is 9.40 Å². The van der Waals surface area contributed by atoms with E-state index in [1.165, 1.54) is 11.8 Å². The number of nitrogens with zero attached hydrogens (tertiary/aromatic N) is 5. The highest BCUT2D eigenvalue weighted by molar-refractivity contribution is 7.99. The third-order valence-electron chi connectivity index (χ3n) is 6.05. The summed E-state index contributed by atoms with van der Waals surface area (Å²) < 4.78 is 35.9. The fourth-order valence-electron chi connectivity index (χ4n) is 4.20. The Morgan fingerprint density at radius 3 is 2.56 bits per heavy atom. The second-order valence-corrected chi connectivity index (χ2v) is 11.6. The van der Waals surface area contributed by atoms with Crippen molar-refractivity contribution in [1.29, 1.82) is 0 Å². The lowest BCUT2D eigenvalue weighted by Crippen LogP contribution is -2.35. The van der Waals surface area contributed by atoms with Gasteiger partial charge in [-0.3, -0.25) is 0 Å². The summed E-state index contributed by atoms with van der Waals surface area (Å²) in [6.45, 7) is 5.92. The van der Waals surface area contributed by atoms with E-state index in [0.29, 0.717) is 41.8 Å². The van der Waals surface area contributed by atoms with E-state index >= 15 is 0 Å². The molecule has 8 nitrogen and oxygen atoms in total. The summed E-state index contributed by atoms with van der Waals surface area (Å²) in [5, 5.41) is 9.09. The molecule has 1 aliphatic heterocycles. The fraction of sp³-hybridized carbons (Fsp3) is 0.375. The highest BCUT2D eigenvalue weighted by atomic mass is 32.2. The lowest BCUT2D eigenvalue weighted by Gasteiger charge is -2.25. The van der Waals surface area contributed by atoms with E-state index < -0.39 is 10.0 Å². The first-order chi connectivity index (χ1) is 16.5. The fourth-order valence-corrected chi connectivity index (χ4v) is 6.76. The summed E-state index contributed by atoms with van der Waals surface area (Å²) in [6, 6.07) is 14.9. The van der Waals surface area contributed by atoms with E-state index in [1.54, 1.807) is 16.4 Å². The predicted molar refractivity (Wildman–Crippen MR) is 132 cm³/mol. The Labute approximate surface area is 203 Å². The van der Waals surface area contributed by atoms with Crippen LogP contribution in [0.4, 0.5) is 0 Å². The first-order valence-corrected chi connectivity index (χ1v) is 13.8. The minimum Gasteiger partial charge on any atom is -0.419 e. The second kappa shape index (κ2) is 9.52. The SMILES string of the molecule is CCn1c(SC(C)c2nnc(-c3ccccc3)o2)nc2cc(S(=O)(=O)N3CCCCC3)ccc21. The lowest BCUT2D eigenvalue weighted by atomic mass is 10.2. The van der Waals surface area contributed by atoms with Crippen LogP contribution in [-0.4, -0.2) is 45.6 Å². The topological polar surface area (TPSA) is 94.1 Å². The van der Waals surface area contributed by atoms with Crippen LogP contribution >= 0.6 is 11.8 Å². The summed E-state index contributed by atoms with van der Waals surface area (Å²) in [5.41, 5.74) is 2.46. The highest BCUT2D eigenvalue weighted by Crippen LogP contribution is 2.37. The maximum Gasteiger partial charge on any atom is 0.247 e. The number of thioether (sulfide) groups is 1.